The predicted octanol–water partition coefficient (Wildman–Crippen LogP) is 4.80. The first-order chi connectivity index (χ1) is 18.9. The van der Waals surface area contributed by atoms with Crippen LogP contribution in [0.1, 0.15) is 57.7 Å². The highest BCUT2D eigenvalue weighted by molar-refractivity contribution is 7.96. The third kappa shape index (κ3) is 3.80. The largest absolute Gasteiger partial charge is 0.448 e. The number of rotatable bonds is 5. The standard InChI is InChI=1S/C31H37FN2O5S/c1-17-11-21-22-9-10-31(28(37)40,39-26(36)16-38-4)30(22,3)14-25(35)27(21)29(2)13-18-15-33-34(24(18)12-23(17)29)20-7-5-19(32)6-8-20/h5-8,12,15,17,21-22,25,27,35H,9-11,13-14,16H2,1-4H3,(H,37,40)/t17-,21-,22?,25-,27?,29-,30-,31-/m0/s1. The maximum atomic E-state index is 13.6. The number of aliphatic hydroxyl groups is 1. The molecule has 4 aliphatic rings. The molecule has 3 saturated carbocycles. The van der Waals surface area contributed by atoms with Crippen LogP contribution in [0.5, 0.6) is 0 Å². The van der Waals surface area contributed by atoms with Gasteiger partial charge in [-0.1, -0.05) is 26.3 Å². The number of fused-ring (bicyclic) bond motifs is 6. The summed E-state index contributed by atoms with van der Waals surface area (Å²) in [5.41, 5.74) is 1.79. The quantitative estimate of drug-likeness (QED) is 0.398. The summed E-state index contributed by atoms with van der Waals surface area (Å²) in [6.07, 6.45) is 6.51. The van der Waals surface area contributed by atoms with Crippen molar-refractivity contribution in [3.8, 4) is 5.69 Å². The summed E-state index contributed by atoms with van der Waals surface area (Å²) in [7, 11) is 1.42. The van der Waals surface area contributed by atoms with E-state index in [0.29, 0.717) is 12.8 Å². The molecule has 2 aromatic rings. The number of halogens is 1. The second-order valence-corrected chi connectivity index (χ2v) is 13.2. The number of carbonyl (C=O) groups is 2. The SMILES string of the molecule is COCC(=O)O[C@]1(C(=O)S)CCC2[C@@H]3C[C@H](C)C4=Cc5c(cnn5-c5ccc(F)cc5)C[C@]4(C)C3[C@@H](O)C[C@@]21C. The molecule has 2 unspecified atom stereocenters. The maximum absolute atomic E-state index is 13.6. The number of esters is 1. The van der Waals surface area contributed by atoms with Crippen molar-refractivity contribution in [2.45, 2.75) is 64.6 Å². The summed E-state index contributed by atoms with van der Waals surface area (Å²) in [6, 6.07) is 6.35. The molecular weight excluding hydrogens is 531 g/mol. The fourth-order valence-corrected chi connectivity index (χ4v) is 9.72. The Labute approximate surface area is 239 Å². The normalized spacial score (nSPS) is 38.0. The molecule has 0 amide bonds. The number of aliphatic hydroxyl groups excluding tert-OH is 1. The van der Waals surface area contributed by atoms with Crippen LogP contribution in [-0.2, 0) is 25.5 Å². The van der Waals surface area contributed by atoms with Gasteiger partial charge in [-0.05, 0) is 97.1 Å². The van der Waals surface area contributed by atoms with E-state index in [4.69, 9.17) is 9.47 Å². The molecule has 0 bridgehead atoms. The zero-order valence-electron chi connectivity index (χ0n) is 23.4. The van der Waals surface area contributed by atoms with Crippen molar-refractivity contribution in [2.24, 2.45) is 34.5 Å². The Morgan fingerprint density at radius 3 is 2.65 bits per heavy atom. The zero-order chi connectivity index (χ0) is 28.6. The molecule has 8 atom stereocenters. The van der Waals surface area contributed by atoms with E-state index in [2.05, 4.69) is 37.7 Å². The summed E-state index contributed by atoms with van der Waals surface area (Å²) < 4.78 is 26.3. The zero-order valence-corrected chi connectivity index (χ0v) is 24.3. The van der Waals surface area contributed by atoms with Gasteiger partial charge in [0, 0.05) is 12.5 Å². The van der Waals surface area contributed by atoms with Gasteiger partial charge in [0.1, 0.15) is 12.4 Å². The van der Waals surface area contributed by atoms with Crippen LogP contribution >= 0.6 is 12.6 Å². The highest BCUT2D eigenvalue weighted by Gasteiger charge is 2.70. The predicted molar refractivity (Wildman–Crippen MR) is 150 cm³/mol. The van der Waals surface area contributed by atoms with Crippen molar-refractivity contribution in [3.05, 3.63) is 53.1 Å². The molecule has 40 heavy (non-hydrogen) atoms. The highest BCUT2D eigenvalue weighted by atomic mass is 32.1. The minimum Gasteiger partial charge on any atom is -0.448 e. The van der Waals surface area contributed by atoms with Crippen molar-refractivity contribution < 1.29 is 28.6 Å². The van der Waals surface area contributed by atoms with Gasteiger partial charge in [0.2, 0.25) is 5.12 Å². The van der Waals surface area contributed by atoms with E-state index in [-0.39, 0.29) is 41.5 Å². The fraction of sp³-hybridized carbons (Fsp3) is 0.581. The average Bonchev–Trinajstić information content (AvgIpc) is 3.41. The third-order valence-electron chi connectivity index (χ3n) is 10.8. The van der Waals surface area contributed by atoms with Crippen LogP contribution in [0.15, 0.2) is 36.0 Å². The number of allylic oxidation sites excluding steroid dienone is 1. The second kappa shape index (κ2) is 9.53. The fourth-order valence-electron chi connectivity index (χ4n) is 9.30. The molecule has 1 aromatic heterocycles. The molecule has 214 valence electrons. The molecule has 0 aliphatic heterocycles. The molecule has 3 fully saturated rings. The molecule has 7 nitrogen and oxygen atoms in total. The van der Waals surface area contributed by atoms with Crippen molar-refractivity contribution in [3.63, 3.8) is 0 Å². The molecule has 1 aromatic carbocycles. The Kier molecular flexibility index (Phi) is 6.59. The first kappa shape index (κ1) is 27.7. The summed E-state index contributed by atoms with van der Waals surface area (Å²) >= 11 is 4.24. The number of thiol groups is 1. The van der Waals surface area contributed by atoms with Gasteiger partial charge in [-0.3, -0.25) is 4.79 Å². The van der Waals surface area contributed by atoms with E-state index in [9.17, 15) is 19.1 Å². The first-order valence-electron chi connectivity index (χ1n) is 14.1. The van der Waals surface area contributed by atoms with Crippen molar-refractivity contribution >= 4 is 29.8 Å². The van der Waals surface area contributed by atoms with E-state index in [1.807, 2.05) is 17.8 Å². The molecule has 4 aliphatic carbocycles. The number of hydrogen-bond acceptors (Lipinski definition) is 6. The summed E-state index contributed by atoms with van der Waals surface area (Å²) in [6.45, 7) is 6.27. The van der Waals surface area contributed by atoms with Gasteiger partial charge < -0.3 is 14.6 Å². The van der Waals surface area contributed by atoms with E-state index in [1.165, 1.54) is 24.8 Å². The van der Waals surface area contributed by atoms with Crippen LogP contribution in [0.4, 0.5) is 4.39 Å². The lowest BCUT2D eigenvalue weighted by Crippen LogP contribution is -2.63. The number of carbonyl (C=O) groups excluding carboxylic acids is 2. The number of aromatic nitrogens is 2. The van der Waals surface area contributed by atoms with E-state index >= 15 is 0 Å². The van der Waals surface area contributed by atoms with Gasteiger partial charge in [-0.2, -0.15) is 5.10 Å². The van der Waals surface area contributed by atoms with Crippen LogP contribution in [0.25, 0.3) is 11.8 Å². The van der Waals surface area contributed by atoms with Crippen molar-refractivity contribution in [1.82, 2.24) is 9.78 Å². The Hall–Kier alpha value is -2.49. The van der Waals surface area contributed by atoms with Crippen molar-refractivity contribution in [1.29, 1.82) is 0 Å². The molecule has 0 spiro atoms. The lowest BCUT2D eigenvalue weighted by molar-refractivity contribution is -0.199. The second-order valence-electron chi connectivity index (χ2n) is 12.8. The van der Waals surface area contributed by atoms with Crippen LogP contribution in [0.3, 0.4) is 0 Å². The van der Waals surface area contributed by atoms with Gasteiger partial charge in [-0.25, -0.2) is 13.9 Å². The maximum Gasteiger partial charge on any atom is 0.333 e. The summed E-state index contributed by atoms with van der Waals surface area (Å²) in [5.74, 6) is -0.411. The average molecular weight is 569 g/mol. The molecule has 0 saturated heterocycles. The lowest BCUT2D eigenvalue weighted by atomic mass is 9.44. The molecule has 9 heteroatoms. The number of hydrogen-bond donors (Lipinski definition) is 2. The highest BCUT2D eigenvalue weighted by Crippen LogP contribution is 2.69. The Bertz CT molecular complexity index is 1390. The smallest absolute Gasteiger partial charge is 0.333 e. The van der Waals surface area contributed by atoms with Gasteiger partial charge in [0.05, 0.1) is 23.7 Å². The van der Waals surface area contributed by atoms with E-state index in [0.717, 1.165) is 36.2 Å². The first-order valence-corrected chi connectivity index (χ1v) is 14.6. The number of methoxy groups -OCH3 is 1. The van der Waals surface area contributed by atoms with E-state index < -0.39 is 28.2 Å². The number of ether oxygens (including phenoxy) is 2. The topological polar surface area (TPSA) is 90.7 Å². The third-order valence-corrected chi connectivity index (χ3v) is 11.2. The summed E-state index contributed by atoms with van der Waals surface area (Å²) in [4.78, 5) is 25.7. The van der Waals surface area contributed by atoms with Gasteiger partial charge in [0.25, 0.3) is 0 Å². The molecule has 1 heterocycles. The Balaban J connectivity index is 1.37. The molecule has 6 rings (SSSR count). The number of nitrogens with zero attached hydrogens (tertiary/aromatic N) is 2. The van der Waals surface area contributed by atoms with Gasteiger partial charge >= 0.3 is 5.97 Å². The van der Waals surface area contributed by atoms with Gasteiger partial charge in [-0.15, -0.1) is 12.6 Å². The Morgan fingerprint density at radius 1 is 1.25 bits per heavy atom. The summed E-state index contributed by atoms with van der Waals surface area (Å²) in [5, 5.41) is 16.1. The molecular formula is C31H37FN2O5S. The Morgan fingerprint density at radius 2 is 1.98 bits per heavy atom. The van der Waals surface area contributed by atoms with Crippen LogP contribution in [0, 0.1) is 40.3 Å². The molecule has 0 radical (unpaired) electrons. The lowest BCUT2D eigenvalue weighted by Gasteiger charge is -2.61. The van der Waals surface area contributed by atoms with Crippen molar-refractivity contribution in [2.75, 3.05) is 13.7 Å². The minimum absolute atomic E-state index is 0.0177. The van der Waals surface area contributed by atoms with Crippen LogP contribution in [0.2, 0.25) is 0 Å². The van der Waals surface area contributed by atoms with Crippen LogP contribution < -0.4 is 0 Å². The minimum atomic E-state index is -1.39. The molecule has 1 N–H and O–H groups in total. The van der Waals surface area contributed by atoms with Crippen LogP contribution in [-0.4, -0.2) is 51.4 Å². The number of benzene rings is 1. The van der Waals surface area contributed by atoms with Gasteiger partial charge in [0.15, 0.2) is 5.60 Å². The monoisotopic (exact) mass is 568 g/mol. The van der Waals surface area contributed by atoms with E-state index in [1.54, 1.807) is 12.1 Å².